The SMILES string of the molecule is COc1ccnc(C(=O)N[C@@H](C)C(=O)O[C@H](C(C)C)[C@H](C)OC/C=C/C(F)(F)F)c1OC(C)=O. The zero-order valence-electron chi connectivity index (χ0n) is 19.8. The van der Waals surface area contributed by atoms with Gasteiger partial charge in [0.05, 0.1) is 19.8 Å². The Kier molecular flexibility index (Phi) is 11.0. The van der Waals surface area contributed by atoms with E-state index in [9.17, 15) is 27.6 Å². The van der Waals surface area contributed by atoms with Gasteiger partial charge in [-0.05, 0) is 19.8 Å². The zero-order chi connectivity index (χ0) is 26.1. The minimum atomic E-state index is -4.45. The fraction of sp³-hybridized carbons (Fsp3) is 0.545. The summed E-state index contributed by atoms with van der Waals surface area (Å²) >= 11 is 0. The van der Waals surface area contributed by atoms with E-state index < -0.39 is 42.3 Å². The Hall–Kier alpha value is -3.15. The maximum Gasteiger partial charge on any atom is 0.409 e. The van der Waals surface area contributed by atoms with E-state index in [-0.39, 0.29) is 35.8 Å². The van der Waals surface area contributed by atoms with Gasteiger partial charge in [-0.15, -0.1) is 0 Å². The second-order valence-corrected chi connectivity index (χ2v) is 7.61. The van der Waals surface area contributed by atoms with Gasteiger partial charge in [0, 0.05) is 25.3 Å². The molecule has 0 fully saturated rings. The summed E-state index contributed by atoms with van der Waals surface area (Å²) in [6.07, 6.45) is -3.81. The maximum absolute atomic E-state index is 12.7. The molecule has 9 nitrogen and oxygen atoms in total. The summed E-state index contributed by atoms with van der Waals surface area (Å²) < 4.78 is 57.5. The number of aromatic nitrogens is 1. The number of pyridine rings is 1. The van der Waals surface area contributed by atoms with Crippen LogP contribution < -0.4 is 14.8 Å². The highest BCUT2D eigenvalue weighted by atomic mass is 19.4. The number of carbonyl (C=O) groups excluding carboxylic acids is 3. The third-order valence-electron chi connectivity index (χ3n) is 4.38. The summed E-state index contributed by atoms with van der Waals surface area (Å²) in [7, 11) is 1.32. The highest BCUT2D eigenvalue weighted by Gasteiger charge is 2.30. The molecule has 1 heterocycles. The minimum Gasteiger partial charge on any atom is -0.493 e. The Morgan fingerprint density at radius 2 is 1.82 bits per heavy atom. The Morgan fingerprint density at radius 1 is 1.18 bits per heavy atom. The number of hydrogen-bond donors (Lipinski definition) is 1. The van der Waals surface area contributed by atoms with E-state index in [1.165, 1.54) is 26.3 Å². The quantitative estimate of drug-likeness (QED) is 0.372. The third-order valence-corrected chi connectivity index (χ3v) is 4.38. The summed E-state index contributed by atoms with van der Waals surface area (Å²) in [5.74, 6) is -2.66. The second kappa shape index (κ2) is 12.9. The highest BCUT2D eigenvalue weighted by molar-refractivity contribution is 5.98. The van der Waals surface area contributed by atoms with Gasteiger partial charge in [0.1, 0.15) is 12.1 Å². The van der Waals surface area contributed by atoms with E-state index in [2.05, 4.69) is 10.3 Å². The van der Waals surface area contributed by atoms with Crippen molar-refractivity contribution in [1.82, 2.24) is 10.3 Å². The lowest BCUT2D eigenvalue weighted by atomic mass is 10.0. The fourth-order valence-electron chi connectivity index (χ4n) is 2.81. The molecule has 34 heavy (non-hydrogen) atoms. The van der Waals surface area contributed by atoms with Crippen LogP contribution in [0.25, 0.3) is 0 Å². The van der Waals surface area contributed by atoms with Crippen molar-refractivity contribution >= 4 is 17.8 Å². The van der Waals surface area contributed by atoms with Crippen LogP contribution in [-0.4, -0.2) is 61.0 Å². The molecule has 1 aromatic heterocycles. The van der Waals surface area contributed by atoms with Gasteiger partial charge >= 0.3 is 18.1 Å². The monoisotopic (exact) mass is 490 g/mol. The Bertz CT molecular complexity index is 888. The van der Waals surface area contributed by atoms with Crippen molar-refractivity contribution in [3.8, 4) is 11.5 Å². The molecule has 1 amide bonds. The van der Waals surface area contributed by atoms with Crippen molar-refractivity contribution in [3.05, 3.63) is 30.1 Å². The second-order valence-electron chi connectivity index (χ2n) is 7.61. The first-order valence-corrected chi connectivity index (χ1v) is 10.4. The van der Waals surface area contributed by atoms with E-state index in [1.807, 2.05) is 0 Å². The van der Waals surface area contributed by atoms with Crippen LogP contribution >= 0.6 is 0 Å². The molecule has 3 atom stereocenters. The lowest BCUT2D eigenvalue weighted by Gasteiger charge is -2.28. The number of amides is 1. The Balaban J connectivity index is 2.85. The molecule has 0 radical (unpaired) electrons. The molecule has 1 N–H and O–H groups in total. The molecule has 0 aliphatic rings. The van der Waals surface area contributed by atoms with Gasteiger partial charge in [0.15, 0.2) is 11.4 Å². The molecular weight excluding hydrogens is 461 g/mol. The van der Waals surface area contributed by atoms with Gasteiger partial charge in [0.2, 0.25) is 5.75 Å². The predicted octanol–water partition coefficient (Wildman–Crippen LogP) is 3.23. The average Bonchev–Trinajstić information content (AvgIpc) is 2.73. The van der Waals surface area contributed by atoms with Crippen LogP contribution in [0.5, 0.6) is 11.5 Å². The molecule has 0 aromatic carbocycles. The first-order chi connectivity index (χ1) is 15.8. The molecule has 190 valence electrons. The van der Waals surface area contributed by atoms with Crippen molar-refractivity contribution in [2.24, 2.45) is 5.92 Å². The number of ether oxygens (including phenoxy) is 4. The summed E-state index contributed by atoms with van der Waals surface area (Å²) in [4.78, 5) is 40.6. The number of alkyl halides is 3. The van der Waals surface area contributed by atoms with Crippen LogP contribution in [0.3, 0.4) is 0 Å². The van der Waals surface area contributed by atoms with Crippen molar-refractivity contribution < 1.29 is 46.5 Å². The largest absolute Gasteiger partial charge is 0.493 e. The Morgan fingerprint density at radius 3 is 2.35 bits per heavy atom. The van der Waals surface area contributed by atoms with Crippen molar-refractivity contribution in [2.45, 2.75) is 59.0 Å². The first kappa shape index (κ1) is 28.9. The molecule has 0 saturated carbocycles. The van der Waals surface area contributed by atoms with Crippen LogP contribution in [0.4, 0.5) is 13.2 Å². The lowest BCUT2D eigenvalue weighted by Crippen LogP contribution is -2.44. The predicted molar refractivity (Wildman–Crippen MR) is 114 cm³/mol. The number of nitrogens with one attached hydrogen (secondary N) is 1. The maximum atomic E-state index is 12.7. The summed E-state index contributed by atoms with van der Waals surface area (Å²) in [6.45, 7) is 7.25. The number of hydrogen-bond acceptors (Lipinski definition) is 8. The number of methoxy groups -OCH3 is 1. The molecule has 0 unspecified atom stereocenters. The van der Waals surface area contributed by atoms with Gasteiger partial charge in [-0.2, -0.15) is 13.2 Å². The van der Waals surface area contributed by atoms with E-state index >= 15 is 0 Å². The van der Waals surface area contributed by atoms with Crippen LogP contribution in [0.2, 0.25) is 0 Å². The van der Waals surface area contributed by atoms with Crippen molar-refractivity contribution in [1.29, 1.82) is 0 Å². The normalized spacial score (nSPS) is 14.4. The Labute approximate surface area is 195 Å². The average molecular weight is 490 g/mol. The molecule has 1 aromatic rings. The lowest BCUT2D eigenvalue weighted by molar-refractivity contribution is -0.162. The number of esters is 2. The molecule has 12 heteroatoms. The number of nitrogens with zero attached hydrogens (tertiary/aromatic N) is 1. The topological polar surface area (TPSA) is 113 Å². The van der Waals surface area contributed by atoms with E-state index in [0.29, 0.717) is 0 Å². The van der Waals surface area contributed by atoms with E-state index in [4.69, 9.17) is 18.9 Å². The highest BCUT2D eigenvalue weighted by Crippen LogP contribution is 2.29. The van der Waals surface area contributed by atoms with Crippen molar-refractivity contribution in [3.63, 3.8) is 0 Å². The smallest absolute Gasteiger partial charge is 0.409 e. The number of allylic oxidation sites excluding steroid dienone is 1. The van der Waals surface area contributed by atoms with Gasteiger partial charge < -0.3 is 24.3 Å². The van der Waals surface area contributed by atoms with Gasteiger partial charge in [-0.1, -0.05) is 19.9 Å². The van der Waals surface area contributed by atoms with Crippen LogP contribution in [-0.2, 0) is 19.1 Å². The molecular formula is C22H29F3N2O7. The fourth-order valence-corrected chi connectivity index (χ4v) is 2.81. The summed E-state index contributed by atoms with van der Waals surface area (Å²) in [5, 5.41) is 2.41. The molecule has 1 rings (SSSR count). The molecule has 0 bridgehead atoms. The van der Waals surface area contributed by atoms with E-state index in [1.54, 1.807) is 20.8 Å². The molecule has 0 aliphatic carbocycles. The molecule has 0 spiro atoms. The van der Waals surface area contributed by atoms with Crippen LogP contribution in [0.15, 0.2) is 24.4 Å². The summed E-state index contributed by atoms with van der Waals surface area (Å²) in [5.41, 5.74) is -0.275. The van der Waals surface area contributed by atoms with Gasteiger partial charge in [-0.3, -0.25) is 9.59 Å². The van der Waals surface area contributed by atoms with Crippen LogP contribution in [0.1, 0.15) is 45.1 Å². The number of rotatable bonds is 11. The van der Waals surface area contributed by atoms with Gasteiger partial charge in [-0.25, -0.2) is 9.78 Å². The standard InChI is InChI=1S/C22H29F3N2O7/c1-12(2)18(14(4)32-11-7-9-22(23,24)25)34-21(30)13(3)27-20(29)17-19(33-15(5)28)16(31-6)8-10-26-17/h7-10,12-14,18H,11H2,1-6H3,(H,27,29)/b9-7+/t13-,14-,18+/m0/s1. The molecule has 0 saturated heterocycles. The number of carbonyl (C=O) groups is 3. The number of halogens is 3. The van der Waals surface area contributed by atoms with E-state index in [0.717, 1.165) is 13.0 Å². The first-order valence-electron chi connectivity index (χ1n) is 10.4. The molecule has 0 aliphatic heterocycles. The van der Waals surface area contributed by atoms with Crippen LogP contribution in [0, 0.1) is 5.92 Å². The third kappa shape index (κ3) is 9.38. The van der Waals surface area contributed by atoms with Gasteiger partial charge in [0.25, 0.3) is 5.91 Å². The summed E-state index contributed by atoms with van der Waals surface area (Å²) in [6, 6.07) is 0.259. The minimum absolute atomic E-state index is 0.0599. The van der Waals surface area contributed by atoms with Crippen molar-refractivity contribution in [2.75, 3.05) is 13.7 Å². The zero-order valence-corrected chi connectivity index (χ0v) is 19.8.